The Kier molecular flexibility index (Phi) is 3.99. The molecule has 0 atom stereocenters. The lowest BCUT2D eigenvalue weighted by molar-refractivity contribution is 0.979. The molecule has 0 aliphatic carbocycles. The lowest BCUT2D eigenvalue weighted by Crippen LogP contribution is -2.27. The lowest BCUT2D eigenvalue weighted by atomic mass is 10.3. The number of hydrogen-bond acceptors (Lipinski definition) is 1. The number of benzene rings is 1. The number of thiocarbonyl (C=S) groups is 1. The molecule has 0 amide bonds. The highest BCUT2D eigenvalue weighted by Crippen LogP contribution is 2.14. The van der Waals surface area contributed by atoms with E-state index >= 15 is 0 Å². The molecule has 2 N–H and O–H groups in total. The normalized spacial score (nSPS) is 9.38. The zero-order valence-electron chi connectivity index (χ0n) is 7.30. The molecule has 1 aromatic carbocycles. The molecule has 1 rings (SSSR count). The third-order valence-electron chi connectivity index (χ3n) is 1.42. The monoisotopic (exact) mass is 214 g/mol. The Morgan fingerprint density at radius 3 is 2.92 bits per heavy atom. The van der Waals surface area contributed by atoms with E-state index in [1.807, 2.05) is 31.2 Å². The molecule has 70 valence electrons. The summed E-state index contributed by atoms with van der Waals surface area (Å²) in [6.45, 7) is 2.80. The molecule has 0 aliphatic heterocycles. The van der Waals surface area contributed by atoms with Crippen LogP contribution in [-0.4, -0.2) is 11.7 Å². The van der Waals surface area contributed by atoms with E-state index in [0.29, 0.717) is 10.1 Å². The summed E-state index contributed by atoms with van der Waals surface area (Å²) in [5.41, 5.74) is 0.901. The first-order chi connectivity index (χ1) is 6.22. The van der Waals surface area contributed by atoms with Crippen LogP contribution in [0.15, 0.2) is 24.3 Å². The fraction of sp³-hybridized carbons (Fsp3) is 0.222. The summed E-state index contributed by atoms with van der Waals surface area (Å²) in [6, 6.07) is 7.43. The topological polar surface area (TPSA) is 24.1 Å². The highest BCUT2D eigenvalue weighted by Gasteiger charge is 1.95. The fourth-order valence-corrected chi connectivity index (χ4v) is 1.35. The van der Waals surface area contributed by atoms with Crippen LogP contribution < -0.4 is 10.6 Å². The van der Waals surface area contributed by atoms with Gasteiger partial charge in [0.15, 0.2) is 5.11 Å². The Bertz CT molecular complexity index is 301. The highest BCUT2D eigenvalue weighted by molar-refractivity contribution is 7.80. The second kappa shape index (κ2) is 5.04. The van der Waals surface area contributed by atoms with Gasteiger partial charge in [0.1, 0.15) is 0 Å². The highest BCUT2D eigenvalue weighted by atomic mass is 35.5. The van der Waals surface area contributed by atoms with E-state index in [-0.39, 0.29) is 0 Å². The summed E-state index contributed by atoms with van der Waals surface area (Å²) in [7, 11) is 0. The van der Waals surface area contributed by atoms with Crippen LogP contribution in [-0.2, 0) is 0 Å². The van der Waals surface area contributed by atoms with Crippen molar-refractivity contribution >= 4 is 34.6 Å². The van der Waals surface area contributed by atoms with Gasteiger partial charge in [-0.05, 0) is 37.3 Å². The van der Waals surface area contributed by atoms with Crippen molar-refractivity contribution in [2.24, 2.45) is 0 Å². The standard InChI is InChI=1S/C9H11ClN2S/c1-2-11-9(13)12-8-5-3-4-7(10)6-8/h3-6H,2H2,1H3,(H2,11,12,13). The SMILES string of the molecule is CCNC(=S)Nc1cccc(Cl)c1. The van der Waals surface area contributed by atoms with Gasteiger partial charge in [-0.3, -0.25) is 0 Å². The molecule has 0 radical (unpaired) electrons. The van der Waals surface area contributed by atoms with E-state index in [1.165, 1.54) is 0 Å². The van der Waals surface area contributed by atoms with E-state index in [1.54, 1.807) is 0 Å². The number of anilines is 1. The minimum Gasteiger partial charge on any atom is -0.363 e. The second-order valence-corrected chi connectivity index (χ2v) is 3.34. The van der Waals surface area contributed by atoms with Crippen molar-refractivity contribution in [3.05, 3.63) is 29.3 Å². The molecule has 0 fully saturated rings. The van der Waals surface area contributed by atoms with Gasteiger partial charge in [-0.1, -0.05) is 17.7 Å². The molecule has 0 spiro atoms. The van der Waals surface area contributed by atoms with E-state index in [9.17, 15) is 0 Å². The van der Waals surface area contributed by atoms with Crippen molar-refractivity contribution < 1.29 is 0 Å². The van der Waals surface area contributed by atoms with E-state index in [4.69, 9.17) is 23.8 Å². The zero-order chi connectivity index (χ0) is 9.68. The number of rotatable bonds is 2. The largest absolute Gasteiger partial charge is 0.363 e. The molecule has 0 heterocycles. The van der Waals surface area contributed by atoms with Crippen LogP contribution in [0.2, 0.25) is 5.02 Å². The van der Waals surface area contributed by atoms with Crippen LogP contribution in [0.1, 0.15) is 6.92 Å². The van der Waals surface area contributed by atoms with Crippen LogP contribution in [0, 0.1) is 0 Å². The number of hydrogen-bond donors (Lipinski definition) is 2. The average molecular weight is 215 g/mol. The first kappa shape index (κ1) is 10.3. The number of halogens is 1. The van der Waals surface area contributed by atoms with Gasteiger partial charge in [0.2, 0.25) is 0 Å². The van der Waals surface area contributed by atoms with Crippen molar-refractivity contribution in [1.82, 2.24) is 5.32 Å². The quantitative estimate of drug-likeness (QED) is 0.741. The molecule has 2 nitrogen and oxygen atoms in total. The van der Waals surface area contributed by atoms with Crippen LogP contribution in [0.3, 0.4) is 0 Å². The molecule has 0 bridgehead atoms. The second-order valence-electron chi connectivity index (χ2n) is 2.49. The molecular weight excluding hydrogens is 204 g/mol. The summed E-state index contributed by atoms with van der Waals surface area (Å²) in [4.78, 5) is 0. The lowest BCUT2D eigenvalue weighted by Gasteiger charge is -2.08. The summed E-state index contributed by atoms with van der Waals surface area (Å²) in [6.07, 6.45) is 0. The smallest absolute Gasteiger partial charge is 0.170 e. The first-order valence-electron chi connectivity index (χ1n) is 4.03. The van der Waals surface area contributed by atoms with Crippen molar-refractivity contribution in [2.75, 3.05) is 11.9 Å². The van der Waals surface area contributed by atoms with Crippen molar-refractivity contribution in [3.63, 3.8) is 0 Å². The van der Waals surface area contributed by atoms with Gasteiger partial charge in [-0.25, -0.2) is 0 Å². The Morgan fingerprint density at radius 2 is 2.31 bits per heavy atom. The number of nitrogens with one attached hydrogen (secondary N) is 2. The minimum absolute atomic E-state index is 0.616. The van der Waals surface area contributed by atoms with E-state index < -0.39 is 0 Å². The molecule has 0 unspecified atom stereocenters. The molecular formula is C9H11ClN2S. The summed E-state index contributed by atoms with van der Waals surface area (Å²) in [5, 5.41) is 7.32. The van der Waals surface area contributed by atoms with E-state index in [0.717, 1.165) is 12.2 Å². The summed E-state index contributed by atoms with van der Waals surface area (Å²) < 4.78 is 0. The van der Waals surface area contributed by atoms with Crippen LogP contribution in [0.5, 0.6) is 0 Å². The Hall–Kier alpha value is -0.800. The van der Waals surface area contributed by atoms with Gasteiger partial charge in [-0.15, -0.1) is 0 Å². The van der Waals surface area contributed by atoms with Crippen molar-refractivity contribution in [3.8, 4) is 0 Å². The van der Waals surface area contributed by atoms with Crippen LogP contribution >= 0.6 is 23.8 Å². The molecule has 0 saturated heterocycles. The maximum Gasteiger partial charge on any atom is 0.170 e. The molecule has 13 heavy (non-hydrogen) atoms. The summed E-state index contributed by atoms with van der Waals surface area (Å²) >= 11 is 10.8. The third kappa shape index (κ3) is 3.61. The average Bonchev–Trinajstić information content (AvgIpc) is 2.04. The molecule has 0 saturated carbocycles. The maximum atomic E-state index is 5.80. The molecule has 0 aromatic heterocycles. The fourth-order valence-electron chi connectivity index (χ4n) is 0.902. The van der Waals surface area contributed by atoms with Gasteiger partial charge >= 0.3 is 0 Å². The van der Waals surface area contributed by atoms with Gasteiger partial charge in [0, 0.05) is 17.3 Å². The van der Waals surface area contributed by atoms with Crippen LogP contribution in [0.4, 0.5) is 5.69 Å². The van der Waals surface area contributed by atoms with Gasteiger partial charge < -0.3 is 10.6 Å². The van der Waals surface area contributed by atoms with Crippen molar-refractivity contribution in [1.29, 1.82) is 0 Å². The molecule has 0 aliphatic rings. The Labute approximate surface area is 88.3 Å². The maximum absolute atomic E-state index is 5.80. The molecule has 1 aromatic rings. The third-order valence-corrected chi connectivity index (χ3v) is 1.90. The predicted molar refractivity (Wildman–Crippen MR) is 61.3 cm³/mol. The van der Waals surface area contributed by atoms with E-state index in [2.05, 4.69) is 10.6 Å². The van der Waals surface area contributed by atoms with Gasteiger partial charge in [0.05, 0.1) is 0 Å². The zero-order valence-corrected chi connectivity index (χ0v) is 8.88. The van der Waals surface area contributed by atoms with Gasteiger partial charge in [-0.2, -0.15) is 0 Å². The first-order valence-corrected chi connectivity index (χ1v) is 4.81. The van der Waals surface area contributed by atoms with Crippen molar-refractivity contribution in [2.45, 2.75) is 6.92 Å². The minimum atomic E-state index is 0.616. The van der Waals surface area contributed by atoms with Crippen LogP contribution in [0.25, 0.3) is 0 Å². The molecule has 4 heteroatoms. The Balaban J connectivity index is 2.58. The Morgan fingerprint density at radius 1 is 1.54 bits per heavy atom. The predicted octanol–water partition coefficient (Wildman–Crippen LogP) is 2.65. The van der Waals surface area contributed by atoms with Gasteiger partial charge in [0.25, 0.3) is 0 Å². The summed E-state index contributed by atoms with van der Waals surface area (Å²) in [5.74, 6) is 0.